The lowest BCUT2D eigenvalue weighted by atomic mass is 10.1. The Morgan fingerprint density at radius 2 is 1.82 bits per heavy atom. The molecule has 0 aliphatic rings. The summed E-state index contributed by atoms with van der Waals surface area (Å²) in [5.74, 6) is 1.32. The molecule has 1 heterocycles. The Balaban J connectivity index is 1.57. The standard InChI is InChI=1S/C23H17BrO4/c1-15-5-4-6-16(11-15)13-26-17-9-10-18-21(12-17)27-14-22(23(18)25)28-20-8-3-2-7-19(20)24/h2-12,14H,13H2,1H3. The number of fused-ring (bicyclic) bond motifs is 1. The molecule has 28 heavy (non-hydrogen) atoms. The number of hydrogen-bond donors (Lipinski definition) is 0. The van der Waals surface area contributed by atoms with Crippen LogP contribution in [0.3, 0.4) is 0 Å². The molecule has 0 radical (unpaired) electrons. The van der Waals surface area contributed by atoms with Crippen LogP contribution < -0.4 is 14.9 Å². The second-order valence-electron chi connectivity index (χ2n) is 6.40. The Hall–Kier alpha value is -3.05. The van der Waals surface area contributed by atoms with Gasteiger partial charge < -0.3 is 13.9 Å². The molecule has 0 fully saturated rings. The van der Waals surface area contributed by atoms with Gasteiger partial charge >= 0.3 is 0 Å². The maximum absolute atomic E-state index is 12.7. The molecule has 140 valence electrons. The predicted molar refractivity (Wildman–Crippen MR) is 112 cm³/mol. The van der Waals surface area contributed by atoms with Crippen LogP contribution in [0.25, 0.3) is 11.0 Å². The highest BCUT2D eigenvalue weighted by Gasteiger charge is 2.11. The SMILES string of the molecule is Cc1cccc(COc2ccc3c(=O)c(Oc4ccccc4Br)coc3c2)c1. The van der Waals surface area contributed by atoms with E-state index in [2.05, 4.69) is 22.0 Å². The molecule has 1 aromatic heterocycles. The van der Waals surface area contributed by atoms with Gasteiger partial charge in [-0.25, -0.2) is 0 Å². The van der Waals surface area contributed by atoms with Crippen LogP contribution >= 0.6 is 15.9 Å². The topological polar surface area (TPSA) is 48.7 Å². The molecule has 4 rings (SSSR count). The first-order valence-corrected chi connectivity index (χ1v) is 9.56. The van der Waals surface area contributed by atoms with Gasteiger partial charge in [-0.1, -0.05) is 42.0 Å². The minimum atomic E-state index is -0.234. The summed E-state index contributed by atoms with van der Waals surface area (Å²) in [6.45, 7) is 2.49. The van der Waals surface area contributed by atoms with Crippen molar-refractivity contribution in [1.29, 1.82) is 0 Å². The molecule has 4 aromatic rings. The number of aryl methyl sites for hydroxylation is 1. The van der Waals surface area contributed by atoms with Crippen LogP contribution in [0.15, 0.2) is 86.7 Å². The second kappa shape index (κ2) is 7.90. The fourth-order valence-electron chi connectivity index (χ4n) is 2.87. The first-order valence-electron chi connectivity index (χ1n) is 8.76. The number of ether oxygens (including phenoxy) is 2. The molecule has 0 saturated heterocycles. The maximum Gasteiger partial charge on any atom is 0.235 e. The Morgan fingerprint density at radius 3 is 2.64 bits per heavy atom. The van der Waals surface area contributed by atoms with Crippen molar-refractivity contribution in [3.05, 3.63) is 98.8 Å². The lowest BCUT2D eigenvalue weighted by molar-refractivity contribution is 0.306. The summed E-state index contributed by atoms with van der Waals surface area (Å²) in [5.41, 5.74) is 2.48. The average molecular weight is 437 g/mol. The average Bonchev–Trinajstić information content (AvgIpc) is 2.70. The summed E-state index contributed by atoms with van der Waals surface area (Å²) in [5, 5.41) is 0.437. The van der Waals surface area contributed by atoms with Crippen molar-refractivity contribution in [1.82, 2.24) is 0 Å². The van der Waals surface area contributed by atoms with Gasteiger partial charge in [0.1, 0.15) is 30.0 Å². The monoisotopic (exact) mass is 436 g/mol. The normalized spacial score (nSPS) is 10.8. The van der Waals surface area contributed by atoms with Crippen molar-refractivity contribution < 1.29 is 13.9 Å². The zero-order valence-electron chi connectivity index (χ0n) is 15.1. The van der Waals surface area contributed by atoms with Crippen LogP contribution in [-0.4, -0.2) is 0 Å². The second-order valence-corrected chi connectivity index (χ2v) is 7.25. The van der Waals surface area contributed by atoms with Crippen LogP contribution in [0.4, 0.5) is 0 Å². The Kier molecular flexibility index (Phi) is 5.17. The predicted octanol–water partition coefficient (Wildman–Crippen LogP) is 6.24. The maximum atomic E-state index is 12.7. The van der Waals surface area contributed by atoms with Crippen molar-refractivity contribution in [3.63, 3.8) is 0 Å². The van der Waals surface area contributed by atoms with Crippen molar-refractivity contribution >= 4 is 26.9 Å². The molecule has 0 saturated carbocycles. The fourth-order valence-corrected chi connectivity index (χ4v) is 3.23. The van der Waals surface area contributed by atoms with Crippen molar-refractivity contribution in [2.24, 2.45) is 0 Å². The van der Waals surface area contributed by atoms with Gasteiger partial charge in [-0.3, -0.25) is 4.79 Å². The summed E-state index contributed by atoms with van der Waals surface area (Å²) < 4.78 is 17.9. The molecule has 0 unspecified atom stereocenters. The van der Waals surface area contributed by atoms with E-state index < -0.39 is 0 Å². The largest absolute Gasteiger partial charge is 0.489 e. The molecule has 0 spiro atoms. The van der Waals surface area contributed by atoms with Crippen molar-refractivity contribution in [2.75, 3.05) is 0 Å². The van der Waals surface area contributed by atoms with E-state index in [9.17, 15) is 4.79 Å². The molecule has 5 heteroatoms. The molecular weight excluding hydrogens is 420 g/mol. The van der Waals surface area contributed by atoms with E-state index in [0.717, 1.165) is 10.0 Å². The third kappa shape index (κ3) is 3.94. The Labute approximate surface area is 170 Å². The molecule has 3 aromatic carbocycles. The molecule has 0 aliphatic carbocycles. The third-order valence-electron chi connectivity index (χ3n) is 4.26. The van der Waals surface area contributed by atoms with E-state index in [1.807, 2.05) is 43.3 Å². The number of rotatable bonds is 5. The van der Waals surface area contributed by atoms with Crippen LogP contribution in [0.1, 0.15) is 11.1 Å². The number of halogens is 1. The highest BCUT2D eigenvalue weighted by molar-refractivity contribution is 9.10. The van der Waals surface area contributed by atoms with E-state index in [4.69, 9.17) is 13.9 Å². The van der Waals surface area contributed by atoms with Gasteiger partial charge in [-0.05, 0) is 52.7 Å². The van der Waals surface area contributed by atoms with Gasteiger partial charge in [0.25, 0.3) is 0 Å². The highest BCUT2D eigenvalue weighted by atomic mass is 79.9. The lowest BCUT2D eigenvalue weighted by Crippen LogP contribution is -2.05. The molecule has 0 N–H and O–H groups in total. The lowest BCUT2D eigenvalue weighted by Gasteiger charge is -2.09. The zero-order chi connectivity index (χ0) is 19.5. The minimum Gasteiger partial charge on any atom is -0.489 e. The van der Waals surface area contributed by atoms with Crippen LogP contribution in [0, 0.1) is 6.92 Å². The zero-order valence-corrected chi connectivity index (χ0v) is 16.7. The van der Waals surface area contributed by atoms with Gasteiger partial charge in [-0.2, -0.15) is 0 Å². The van der Waals surface area contributed by atoms with E-state index in [0.29, 0.717) is 29.1 Å². The summed E-state index contributed by atoms with van der Waals surface area (Å²) in [6.07, 6.45) is 1.33. The quantitative estimate of drug-likeness (QED) is 0.371. The van der Waals surface area contributed by atoms with Gasteiger partial charge in [0.2, 0.25) is 11.2 Å². The number of para-hydroxylation sites is 1. The molecule has 0 bridgehead atoms. The number of benzene rings is 3. The van der Waals surface area contributed by atoms with E-state index in [1.165, 1.54) is 11.8 Å². The van der Waals surface area contributed by atoms with E-state index in [1.54, 1.807) is 24.3 Å². The van der Waals surface area contributed by atoms with Crippen molar-refractivity contribution in [3.8, 4) is 17.2 Å². The van der Waals surface area contributed by atoms with Crippen LogP contribution in [0.2, 0.25) is 0 Å². The van der Waals surface area contributed by atoms with Crippen molar-refractivity contribution in [2.45, 2.75) is 13.5 Å². The summed E-state index contributed by atoms with van der Waals surface area (Å²) >= 11 is 3.40. The highest BCUT2D eigenvalue weighted by Crippen LogP contribution is 2.29. The smallest absolute Gasteiger partial charge is 0.235 e. The molecule has 0 aliphatic heterocycles. The molecule has 4 nitrogen and oxygen atoms in total. The summed E-state index contributed by atoms with van der Waals surface area (Å²) in [7, 11) is 0. The van der Waals surface area contributed by atoms with Gasteiger partial charge in [-0.15, -0.1) is 0 Å². The summed E-state index contributed by atoms with van der Waals surface area (Å²) in [4.78, 5) is 12.7. The van der Waals surface area contributed by atoms with Gasteiger partial charge in [0, 0.05) is 6.07 Å². The van der Waals surface area contributed by atoms with Crippen LogP contribution in [0.5, 0.6) is 17.2 Å². The molecular formula is C23H17BrO4. The first kappa shape index (κ1) is 18.3. The van der Waals surface area contributed by atoms with Gasteiger partial charge in [0.05, 0.1) is 9.86 Å². The molecule has 0 amide bonds. The summed E-state index contributed by atoms with van der Waals surface area (Å²) in [6, 6.07) is 20.6. The fraction of sp³-hybridized carbons (Fsp3) is 0.0870. The van der Waals surface area contributed by atoms with E-state index in [-0.39, 0.29) is 11.2 Å². The van der Waals surface area contributed by atoms with E-state index >= 15 is 0 Å². The van der Waals surface area contributed by atoms with Gasteiger partial charge in [0.15, 0.2) is 0 Å². The van der Waals surface area contributed by atoms with Crippen LogP contribution in [-0.2, 0) is 6.61 Å². The first-order chi connectivity index (χ1) is 13.6. The Bertz CT molecular complexity index is 1200. The number of hydrogen-bond acceptors (Lipinski definition) is 4. The molecule has 0 atom stereocenters. The third-order valence-corrected chi connectivity index (χ3v) is 4.91. The minimum absolute atomic E-state index is 0.132. The Morgan fingerprint density at radius 1 is 0.964 bits per heavy atom.